The van der Waals surface area contributed by atoms with Crippen molar-refractivity contribution in [3.8, 4) is 0 Å². The molecule has 0 saturated heterocycles. The summed E-state index contributed by atoms with van der Waals surface area (Å²) in [6.07, 6.45) is 5.10. The quantitative estimate of drug-likeness (QED) is 0.624. The van der Waals surface area contributed by atoms with Gasteiger partial charge in [-0.15, -0.1) is 0 Å². The highest BCUT2D eigenvalue weighted by atomic mass is 16.2. The zero-order chi connectivity index (χ0) is 19.1. The molecule has 27 heavy (non-hydrogen) atoms. The number of amides is 1. The summed E-state index contributed by atoms with van der Waals surface area (Å²) < 4.78 is 1.56. The van der Waals surface area contributed by atoms with Crippen LogP contribution in [0.5, 0.6) is 0 Å². The van der Waals surface area contributed by atoms with E-state index in [-0.39, 0.29) is 11.3 Å². The summed E-state index contributed by atoms with van der Waals surface area (Å²) in [7, 11) is 0. The summed E-state index contributed by atoms with van der Waals surface area (Å²) >= 11 is 0. The molecule has 0 fully saturated rings. The minimum atomic E-state index is -0.427. The number of nitrogens with one attached hydrogen (secondary N) is 1. The van der Waals surface area contributed by atoms with E-state index in [4.69, 9.17) is 0 Å². The molecule has 0 spiro atoms. The van der Waals surface area contributed by atoms with Crippen LogP contribution in [-0.4, -0.2) is 27.0 Å². The molecule has 0 saturated carbocycles. The van der Waals surface area contributed by atoms with Crippen molar-refractivity contribution in [2.45, 2.75) is 39.2 Å². The van der Waals surface area contributed by atoms with Crippen molar-refractivity contribution in [3.63, 3.8) is 0 Å². The van der Waals surface area contributed by atoms with Gasteiger partial charge in [-0.25, -0.2) is 9.97 Å². The Morgan fingerprint density at radius 3 is 2.70 bits per heavy atom. The van der Waals surface area contributed by atoms with Crippen LogP contribution in [0.4, 0.5) is 0 Å². The molecule has 3 aromatic rings. The monoisotopic (exact) mass is 364 g/mol. The summed E-state index contributed by atoms with van der Waals surface area (Å²) in [5.41, 5.74) is 1.87. The van der Waals surface area contributed by atoms with E-state index in [1.165, 1.54) is 5.56 Å². The molecule has 2 aromatic heterocycles. The van der Waals surface area contributed by atoms with E-state index in [1.807, 2.05) is 18.2 Å². The second kappa shape index (κ2) is 9.07. The lowest BCUT2D eigenvalue weighted by Gasteiger charge is -2.11. The second-order valence-corrected chi connectivity index (χ2v) is 6.46. The zero-order valence-corrected chi connectivity index (χ0v) is 15.5. The van der Waals surface area contributed by atoms with Gasteiger partial charge >= 0.3 is 0 Å². The summed E-state index contributed by atoms with van der Waals surface area (Å²) in [6.45, 7) is 3.08. The summed E-state index contributed by atoms with van der Waals surface area (Å²) in [5.74, 6) is -0.427. The fraction of sp³-hybridized carbons (Fsp3) is 0.333. The molecule has 1 aromatic carbocycles. The largest absolute Gasteiger partial charge is 0.351 e. The predicted octanol–water partition coefficient (Wildman–Crippen LogP) is 2.95. The van der Waals surface area contributed by atoms with Crippen LogP contribution < -0.4 is 10.9 Å². The van der Waals surface area contributed by atoms with Crippen molar-refractivity contribution in [3.05, 3.63) is 70.3 Å². The van der Waals surface area contributed by atoms with Crippen LogP contribution in [-0.2, 0) is 13.0 Å². The van der Waals surface area contributed by atoms with Gasteiger partial charge < -0.3 is 5.32 Å². The van der Waals surface area contributed by atoms with Crippen molar-refractivity contribution in [1.82, 2.24) is 19.9 Å². The van der Waals surface area contributed by atoms with Crippen LogP contribution in [0.15, 0.2) is 53.5 Å². The van der Waals surface area contributed by atoms with Gasteiger partial charge in [-0.2, -0.15) is 0 Å². The third kappa shape index (κ3) is 4.58. The summed E-state index contributed by atoms with van der Waals surface area (Å²) in [5, 5.41) is 2.82. The Balaban J connectivity index is 1.74. The number of rotatable bonds is 8. The molecular formula is C21H24N4O2. The molecule has 2 heterocycles. The molecule has 3 rings (SSSR count). The van der Waals surface area contributed by atoms with E-state index in [0.717, 1.165) is 25.7 Å². The van der Waals surface area contributed by atoms with Crippen molar-refractivity contribution < 1.29 is 4.79 Å². The normalized spacial score (nSPS) is 10.9. The van der Waals surface area contributed by atoms with Crippen LogP contribution in [0.3, 0.4) is 0 Å². The highest BCUT2D eigenvalue weighted by Gasteiger charge is 2.17. The molecular weight excluding hydrogens is 340 g/mol. The third-order valence-corrected chi connectivity index (χ3v) is 4.42. The fourth-order valence-corrected chi connectivity index (χ4v) is 2.97. The molecule has 0 aliphatic rings. The fourth-order valence-electron chi connectivity index (χ4n) is 2.97. The van der Waals surface area contributed by atoms with Gasteiger partial charge in [-0.1, -0.05) is 43.7 Å². The van der Waals surface area contributed by atoms with E-state index in [9.17, 15) is 9.59 Å². The molecule has 0 radical (unpaired) electrons. The molecule has 0 atom stereocenters. The lowest BCUT2D eigenvalue weighted by Crippen LogP contribution is -2.35. The number of carbonyl (C=O) groups is 1. The lowest BCUT2D eigenvalue weighted by molar-refractivity contribution is 0.0946. The van der Waals surface area contributed by atoms with Gasteiger partial charge in [0, 0.05) is 19.3 Å². The Labute approximate surface area is 158 Å². The number of aromatic nitrogens is 3. The minimum Gasteiger partial charge on any atom is -0.351 e. The maximum absolute atomic E-state index is 12.8. The van der Waals surface area contributed by atoms with Crippen LogP contribution in [0.1, 0.15) is 42.2 Å². The maximum Gasteiger partial charge on any atom is 0.283 e. The Kier molecular flexibility index (Phi) is 6.30. The maximum atomic E-state index is 12.8. The van der Waals surface area contributed by atoms with Crippen molar-refractivity contribution in [2.75, 3.05) is 6.54 Å². The average molecular weight is 364 g/mol. The Bertz CT molecular complexity index is 967. The van der Waals surface area contributed by atoms with E-state index in [2.05, 4.69) is 34.3 Å². The SMILES string of the molecule is CCCCn1c(=O)c(C(=O)NCCCc2ccccc2)nc2cccnc21. The van der Waals surface area contributed by atoms with Crippen molar-refractivity contribution >= 4 is 17.1 Å². The topological polar surface area (TPSA) is 76.9 Å². The van der Waals surface area contributed by atoms with Gasteiger partial charge in [0.2, 0.25) is 0 Å². The molecule has 1 N–H and O–H groups in total. The Morgan fingerprint density at radius 2 is 1.93 bits per heavy atom. The number of hydrogen-bond donors (Lipinski definition) is 1. The van der Waals surface area contributed by atoms with Gasteiger partial charge in [0.05, 0.1) is 0 Å². The van der Waals surface area contributed by atoms with Crippen molar-refractivity contribution in [2.24, 2.45) is 0 Å². The van der Waals surface area contributed by atoms with Crippen LogP contribution >= 0.6 is 0 Å². The third-order valence-electron chi connectivity index (χ3n) is 4.42. The van der Waals surface area contributed by atoms with E-state index < -0.39 is 5.91 Å². The Hall–Kier alpha value is -3.02. The Morgan fingerprint density at radius 1 is 1.11 bits per heavy atom. The summed E-state index contributed by atoms with van der Waals surface area (Å²) in [6, 6.07) is 13.6. The molecule has 0 bridgehead atoms. The number of nitrogens with zero attached hydrogens (tertiary/aromatic N) is 3. The average Bonchev–Trinajstić information content (AvgIpc) is 2.71. The molecule has 0 aliphatic heterocycles. The van der Waals surface area contributed by atoms with Crippen LogP contribution in [0, 0.1) is 0 Å². The molecule has 140 valence electrons. The minimum absolute atomic E-state index is 0.0636. The molecule has 6 nitrogen and oxygen atoms in total. The molecule has 0 unspecified atom stereocenters. The first kappa shape index (κ1) is 18.8. The van der Waals surface area contributed by atoms with Gasteiger partial charge in [0.1, 0.15) is 5.52 Å². The van der Waals surface area contributed by atoms with E-state index in [1.54, 1.807) is 22.9 Å². The predicted molar refractivity (Wildman–Crippen MR) is 106 cm³/mol. The zero-order valence-electron chi connectivity index (χ0n) is 15.5. The number of aryl methyl sites for hydroxylation is 2. The van der Waals surface area contributed by atoms with E-state index >= 15 is 0 Å². The number of carbonyl (C=O) groups excluding carboxylic acids is 1. The first-order valence-electron chi connectivity index (χ1n) is 9.38. The summed E-state index contributed by atoms with van der Waals surface area (Å²) in [4.78, 5) is 33.9. The van der Waals surface area contributed by atoms with Gasteiger partial charge in [-0.3, -0.25) is 14.2 Å². The highest BCUT2D eigenvalue weighted by Crippen LogP contribution is 2.08. The molecule has 6 heteroatoms. The van der Waals surface area contributed by atoms with Crippen LogP contribution in [0.2, 0.25) is 0 Å². The number of fused-ring (bicyclic) bond motifs is 1. The number of unbranched alkanes of at least 4 members (excludes halogenated alkanes) is 1. The first-order chi connectivity index (χ1) is 13.2. The van der Waals surface area contributed by atoms with Gasteiger partial charge in [0.15, 0.2) is 11.3 Å². The second-order valence-electron chi connectivity index (χ2n) is 6.46. The smallest absolute Gasteiger partial charge is 0.283 e. The standard InChI is InChI=1S/C21H24N4O2/c1-2-3-15-25-19-17(12-8-13-22-19)24-18(21(25)27)20(26)23-14-7-11-16-9-5-4-6-10-16/h4-6,8-10,12-13H,2-3,7,11,14-15H2,1H3,(H,23,26). The van der Waals surface area contributed by atoms with Crippen molar-refractivity contribution in [1.29, 1.82) is 0 Å². The lowest BCUT2D eigenvalue weighted by atomic mass is 10.1. The highest BCUT2D eigenvalue weighted by molar-refractivity contribution is 5.93. The van der Waals surface area contributed by atoms with Gasteiger partial charge in [0.25, 0.3) is 11.5 Å². The molecule has 1 amide bonds. The first-order valence-corrected chi connectivity index (χ1v) is 9.38. The van der Waals surface area contributed by atoms with E-state index in [0.29, 0.717) is 24.3 Å². The number of hydrogen-bond acceptors (Lipinski definition) is 4. The molecule has 0 aliphatic carbocycles. The number of benzene rings is 1. The number of pyridine rings is 1. The van der Waals surface area contributed by atoms with Crippen LogP contribution in [0.25, 0.3) is 11.2 Å². The van der Waals surface area contributed by atoms with Gasteiger partial charge in [-0.05, 0) is 37.0 Å².